The largest absolute Gasteiger partial charge is 0.376 e. The molecule has 0 spiro atoms. The number of hydrogen-bond donors (Lipinski definition) is 1. The lowest BCUT2D eigenvalue weighted by atomic mass is 9.90. The molecular formula is C9H19NO2. The molecule has 72 valence electrons. The average Bonchev–Trinajstić information content (AvgIpc) is 1.93. The van der Waals surface area contributed by atoms with Crippen molar-refractivity contribution in [2.24, 2.45) is 5.73 Å². The summed E-state index contributed by atoms with van der Waals surface area (Å²) >= 11 is 0. The molecule has 2 N–H and O–H groups in total. The van der Waals surface area contributed by atoms with E-state index >= 15 is 0 Å². The summed E-state index contributed by atoms with van der Waals surface area (Å²) in [7, 11) is 0. The first kappa shape index (κ1) is 9.96. The lowest BCUT2D eigenvalue weighted by Gasteiger charge is -2.32. The fourth-order valence-corrected chi connectivity index (χ4v) is 1.24. The Bertz CT molecular complexity index is 122. The second-order valence-corrected chi connectivity index (χ2v) is 3.64. The molecule has 0 saturated heterocycles. The minimum absolute atomic E-state index is 0.303. The lowest BCUT2D eigenvalue weighted by molar-refractivity contribution is -0.0458. The molecule has 0 unspecified atom stereocenters. The van der Waals surface area contributed by atoms with Gasteiger partial charge in [0, 0.05) is 6.04 Å². The summed E-state index contributed by atoms with van der Waals surface area (Å²) in [6.07, 6.45) is 2.73. The molecule has 3 nitrogen and oxygen atoms in total. The van der Waals surface area contributed by atoms with Gasteiger partial charge < -0.3 is 15.2 Å². The second-order valence-electron chi connectivity index (χ2n) is 3.64. The summed E-state index contributed by atoms with van der Waals surface area (Å²) in [6.45, 7) is 5.46. The molecule has 0 aliphatic heterocycles. The third-order valence-corrected chi connectivity index (χ3v) is 2.02. The van der Waals surface area contributed by atoms with Gasteiger partial charge in [-0.15, -0.1) is 0 Å². The van der Waals surface area contributed by atoms with Crippen molar-refractivity contribution in [1.82, 2.24) is 0 Å². The van der Waals surface area contributed by atoms with Crippen molar-refractivity contribution in [1.29, 1.82) is 0 Å². The van der Waals surface area contributed by atoms with E-state index in [0.717, 1.165) is 12.8 Å². The third kappa shape index (κ3) is 3.52. The molecule has 0 bridgehead atoms. The van der Waals surface area contributed by atoms with E-state index < -0.39 is 0 Å². The molecule has 1 saturated carbocycles. The van der Waals surface area contributed by atoms with Crippen LogP contribution in [0.4, 0.5) is 0 Å². The topological polar surface area (TPSA) is 44.5 Å². The Labute approximate surface area is 74.2 Å². The van der Waals surface area contributed by atoms with E-state index in [0.29, 0.717) is 31.5 Å². The minimum Gasteiger partial charge on any atom is -0.376 e. The van der Waals surface area contributed by atoms with E-state index in [1.807, 2.05) is 13.8 Å². The Morgan fingerprint density at radius 1 is 1.33 bits per heavy atom. The van der Waals surface area contributed by atoms with Crippen LogP contribution in [0, 0.1) is 0 Å². The van der Waals surface area contributed by atoms with Crippen LogP contribution in [-0.2, 0) is 9.47 Å². The molecule has 0 amide bonds. The smallest absolute Gasteiger partial charge is 0.0704 e. The molecule has 12 heavy (non-hydrogen) atoms. The van der Waals surface area contributed by atoms with Crippen LogP contribution in [-0.4, -0.2) is 31.5 Å². The van der Waals surface area contributed by atoms with Gasteiger partial charge in [0.05, 0.1) is 25.4 Å². The van der Waals surface area contributed by atoms with E-state index in [-0.39, 0.29) is 0 Å². The van der Waals surface area contributed by atoms with Crippen molar-refractivity contribution in [2.75, 3.05) is 13.2 Å². The van der Waals surface area contributed by atoms with Gasteiger partial charge >= 0.3 is 0 Å². The van der Waals surface area contributed by atoms with E-state index in [2.05, 4.69) is 0 Å². The molecule has 3 heteroatoms. The summed E-state index contributed by atoms with van der Waals surface area (Å²) < 4.78 is 10.8. The maximum Gasteiger partial charge on any atom is 0.0704 e. The number of hydrogen-bond acceptors (Lipinski definition) is 3. The van der Waals surface area contributed by atoms with Crippen LogP contribution in [0.5, 0.6) is 0 Å². The molecule has 1 aliphatic rings. The fourth-order valence-electron chi connectivity index (χ4n) is 1.24. The van der Waals surface area contributed by atoms with Gasteiger partial charge in [-0.3, -0.25) is 0 Å². The van der Waals surface area contributed by atoms with Crippen molar-refractivity contribution in [2.45, 2.75) is 44.9 Å². The molecular weight excluding hydrogens is 154 g/mol. The zero-order chi connectivity index (χ0) is 8.97. The minimum atomic E-state index is 0.303. The van der Waals surface area contributed by atoms with Crippen LogP contribution >= 0.6 is 0 Å². The molecule has 0 heterocycles. The van der Waals surface area contributed by atoms with Gasteiger partial charge in [0.25, 0.3) is 0 Å². The van der Waals surface area contributed by atoms with Crippen LogP contribution in [0.3, 0.4) is 0 Å². The van der Waals surface area contributed by atoms with Gasteiger partial charge in [0.15, 0.2) is 0 Å². The Hall–Kier alpha value is -0.120. The Morgan fingerprint density at radius 2 is 2.00 bits per heavy atom. The van der Waals surface area contributed by atoms with Crippen LogP contribution in [0.1, 0.15) is 26.7 Å². The number of nitrogens with two attached hydrogens (primary N) is 1. The van der Waals surface area contributed by atoms with Gasteiger partial charge in [-0.05, 0) is 26.7 Å². The van der Waals surface area contributed by atoms with Crippen LogP contribution < -0.4 is 5.73 Å². The van der Waals surface area contributed by atoms with Gasteiger partial charge in [-0.1, -0.05) is 0 Å². The van der Waals surface area contributed by atoms with Gasteiger partial charge in [0.1, 0.15) is 0 Å². The number of rotatable bonds is 5. The molecule has 1 aliphatic carbocycles. The quantitative estimate of drug-likeness (QED) is 0.629. The van der Waals surface area contributed by atoms with Crippen molar-refractivity contribution < 1.29 is 9.47 Å². The first-order chi connectivity index (χ1) is 5.68. The van der Waals surface area contributed by atoms with Gasteiger partial charge in [-0.2, -0.15) is 0 Å². The molecule has 0 aromatic carbocycles. The third-order valence-electron chi connectivity index (χ3n) is 2.02. The average molecular weight is 173 g/mol. The highest BCUT2D eigenvalue weighted by molar-refractivity contribution is 4.82. The molecule has 1 fully saturated rings. The monoisotopic (exact) mass is 173 g/mol. The maximum absolute atomic E-state index is 5.61. The standard InChI is InChI=1S/C9H19NO2/c1-7(2)11-3-4-12-9-5-8(10)6-9/h7-9H,3-6,10H2,1-2H3. The molecule has 0 aromatic heterocycles. The van der Waals surface area contributed by atoms with E-state index in [1.165, 1.54) is 0 Å². The predicted octanol–water partition coefficient (Wildman–Crippen LogP) is 0.918. The van der Waals surface area contributed by atoms with Gasteiger partial charge in [0.2, 0.25) is 0 Å². The Kier molecular flexibility index (Phi) is 3.98. The summed E-state index contributed by atoms with van der Waals surface area (Å²) in [5, 5.41) is 0. The van der Waals surface area contributed by atoms with E-state index in [9.17, 15) is 0 Å². The number of ether oxygens (including phenoxy) is 2. The van der Waals surface area contributed by atoms with Crippen molar-refractivity contribution >= 4 is 0 Å². The van der Waals surface area contributed by atoms with Crippen LogP contribution in [0.2, 0.25) is 0 Å². The Balaban J connectivity index is 1.83. The van der Waals surface area contributed by atoms with Crippen LogP contribution in [0.15, 0.2) is 0 Å². The summed E-state index contributed by atoms with van der Waals surface area (Å²) in [5.74, 6) is 0. The fraction of sp³-hybridized carbons (Fsp3) is 1.00. The predicted molar refractivity (Wildman–Crippen MR) is 48.0 cm³/mol. The Morgan fingerprint density at radius 3 is 2.50 bits per heavy atom. The normalized spacial score (nSPS) is 29.0. The van der Waals surface area contributed by atoms with E-state index in [4.69, 9.17) is 15.2 Å². The van der Waals surface area contributed by atoms with Crippen LogP contribution in [0.25, 0.3) is 0 Å². The highest BCUT2D eigenvalue weighted by Gasteiger charge is 2.26. The first-order valence-electron chi connectivity index (χ1n) is 4.67. The SMILES string of the molecule is CC(C)OCCOC1CC(N)C1. The summed E-state index contributed by atoms with van der Waals surface area (Å²) in [6, 6.07) is 0.376. The maximum atomic E-state index is 5.61. The van der Waals surface area contributed by atoms with Crippen molar-refractivity contribution in [3.63, 3.8) is 0 Å². The summed E-state index contributed by atoms with van der Waals surface area (Å²) in [5.41, 5.74) is 5.61. The molecule has 1 rings (SSSR count). The zero-order valence-electron chi connectivity index (χ0n) is 7.95. The first-order valence-corrected chi connectivity index (χ1v) is 4.67. The van der Waals surface area contributed by atoms with Crippen molar-refractivity contribution in [3.05, 3.63) is 0 Å². The zero-order valence-corrected chi connectivity index (χ0v) is 7.95. The second kappa shape index (κ2) is 4.80. The molecule has 0 radical (unpaired) electrons. The van der Waals surface area contributed by atoms with E-state index in [1.54, 1.807) is 0 Å². The molecule has 0 aromatic rings. The van der Waals surface area contributed by atoms with Gasteiger partial charge in [-0.25, -0.2) is 0 Å². The summed E-state index contributed by atoms with van der Waals surface area (Å²) in [4.78, 5) is 0. The molecule has 0 atom stereocenters. The lowest BCUT2D eigenvalue weighted by Crippen LogP contribution is -2.42. The highest BCUT2D eigenvalue weighted by atomic mass is 16.5. The van der Waals surface area contributed by atoms with Crippen molar-refractivity contribution in [3.8, 4) is 0 Å². The highest BCUT2D eigenvalue weighted by Crippen LogP contribution is 2.20.